The number of carboxylic acid groups (broad SMARTS) is 1. The zero-order chi connectivity index (χ0) is 15.9. The molecule has 2 rings (SSSR count). The third-order valence-electron chi connectivity index (χ3n) is 4.79. The average molecular weight is 310 g/mol. The normalized spacial score (nSPS) is 25.6. The minimum Gasteiger partial charge on any atom is -0.481 e. The van der Waals surface area contributed by atoms with Gasteiger partial charge in [0.1, 0.15) is 0 Å². The summed E-state index contributed by atoms with van der Waals surface area (Å²) >= 11 is 0. The number of carboxylic acids is 1. The van der Waals surface area contributed by atoms with E-state index >= 15 is 0 Å². The molecule has 3 N–H and O–H groups in total. The molecule has 2 aliphatic carbocycles. The molecule has 0 spiro atoms. The van der Waals surface area contributed by atoms with Crippen molar-refractivity contribution in [3.63, 3.8) is 0 Å². The van der Waals surface area contributed by atoms with E-state index in [9.17, 15) is 14.4 Å². The Kier molecular flexibility index (Phi) is 6.21. The fraction of sp³-hybridized carbons (Fsp3) is 0.812. The first kappa shape index (κ1) is 16.8. The number of rotatable bonds is 6. The van der Waals surface area contributed by atoms with E-state index in [4.69, 9.17) is 5.11 Å². The number of hydrogen-bond donors (Lipinski definition) is 3. The fourth-order valence-corrected chi connectivity index (χ4v) is 3.52. The molecule has 22 heavy (non-hydrogen) atoms. The summed E-state index contributed by atoms with van der Waals surface area (Å²) in [5, 5.41) is 14.4. The van der Waals surface area contributed by atoms with Crippen molar-refractivity contribution in [3.8, 4) is 0 Å². The Labute approximate surface area is 131 Å². The monoisotopic (exact) mass is 310 g/mol. The molecule has 0 radical (unpaired) electrons. The summed E-state index contributed by atoms with van der Waals surface area (Å²) in [6, 6.07) is -0.0798. The second kappa shape index (κ2) is 8.15. The predicted octanol–water partition coefficient (Wildman–Crippen LogP) is 1.44. The molecule has 0 bridgehead atoms. The van der Waals surface area contributed by atoms with Crippen molar-refractivity contribution in [2.24, 2.45) is 11.8 Å². The second-order valence-electron chi connectivity index (χ2n) is 6.60. The fourth-order valence-electron chi connectivity index (χ4n) is 3.52. The minimum atomic E-state index is -0.794. The lowest BCUT2D eigenvalue weighted by Gasteiger charge is -2.20. The molecule has 2 saturated carbocycles. The van der Waals surface area contributed by atoms with E-state index in [0.717, 1.165) is 12.8 Å². The van der Waals surface area contributed by atoms with Crippen LogP contribution < -0.4 is 10.6 Å². The van der Waals surface area contributed by atoms with Crippen molar-refractivity contribution in [2.75, 3.05) is 6.54 Å². The molecular weight excluding hydrogens is 284 g/mol. The van der Waals surface area contributed by atoms with E-state index in [0.29, 0.717) is 31.6 Å². The summed E-state index contributed by atoms with van der Waals surface area (Å²) in [6.45, 7) is -0.0141. The van der Waals surface area contributed by atoms with Gasteiger partial charge >= 0.3 is 5.97 Å². The molecule has 0 aliphatic heterocycles. The lowest BCUT2D eigenvalue weighted by molar-refractivity contribution is -0.141. The molecule has 0 aromatic heterocycles. The largest absolute Gasteiger partial charge is 0.481 e. The van der Waals surface area contributed by atoms with E-state index in [2.05, 4.69) is 10.6 Å². The second-order valence-corrected chi connectivity index (χ2v) is 6.60. The van der Waals surface area contributed by atoms with Crippen LogP contribution in [0.5, 0.6) is 0 Å². The summed E-state index contributed by atoms with van der Waals surface area (Å²) in [5.41, 5.74) is 0. The highest BCUT2D eigenvalue weighted by Crippen LogP contribution is 2.26. The topological polar surface area (TPSA) is 95.5 Å². The summed E-state index contributed by atoms with van der Waals surface area (Å²) in [4.78, 5) is 34.5. The van der Waals surface area contributed by atoms with Crippen LogP contribution in [0, 0.1) is 11.8 Å². The molecule has 124 valence electrons. The number of carbonyl (C=O) groups is 3. The van der Waals surface area contributed by atoms with Crippen molar-refractivity contribution < 1.29 is 19.5 Å². The number of amides is 2. The van der Waals surface area contributed by atoms with Gasteiger partial charge in [0.05, 0.1) is 12.5 Å². The Morgan fingerprint density at radius 2 is 1.68 bits per heavy atom. The molecule has 6 nitrogen and oxygen atoms in total. The molecule has 6 heteroatoms. The molecule has 2 fully saturated rings. The van der Waals surface area contributed by atoms with E-state index in [1.807, 2.05) is 0 Å². The lowest BCUT2D eigenvalue weighted by Crippen LogP contribution is -2.41. The van der Waals surface area contributed by atoms with Gasteiger partial charge in [0.2, 0.25) is 11.8 Å². The van der Waals surface area contributed by atoms with Gasteiger partial charge in [0, 0.05) is 12.5 Å². The van der Waals surface area contributed by atoms with E-state index in [1.165, 1.54) is 19.3 Å². The van der Waals surface area contributed by atoms with Crippen molar-refractivity contribution in [3.05, 3.63) is 0 Å². The molecule has 0 heterocycles. The zero-order valence-electron chi connectivity index (χ0n) is 13.0. The van der Waals surface area contributed by atoms with Gasteiger partial charge in [-0.05, 0) is 38.0 Å². The summed E-state index contributed by atoms with van der Waals surface area (Å²) < 4.78 is 0. The summed E-state index contributed by atoms with van der Waals surface area (Å²) in [7, 11) is 0. The van der Waals surface area contributed by atoms with Crippen LogP contribution in [0.15, 0.2) is 0 Å². The molecule has 2 amide bonds. The first-order valence-electron chi connectivity index (χ1n) is 8.33. The lowest BCUT2D eigenvalue weighted by atomic mass is 9.87. The van der Waals surface area contributed by atoms with Crippen molar-refractivity contribution in [1.82, 2.24) is 10.6 Å². The predicted molar refractivity (Wildman–Crippen MR) is 81.1 cm³/mol. The highest BCUT2D eigenvalue weighted by atomic mass is 16.4. The van der Waals surface area contributed by atoms with Crippen LogP contribution >= 0.6 is 0 Å². The molecule has 2 aliphatic rings. The van der Waals surface area contributed by atoms with Crippen LogP contribution in [0.2, 0.25) is 0 Å². The Hall–Kier alpha value is -1.59. The SMILES string of the molecule is O=C(CC1CCCCC1)NCC(=O)N[C@@H]1CC[C@H](C(=O)O)C1. The van der Waals surface area contributed by atoms with E-state index < -0.39 is 5.97 Å². The highest BCUT2D eigenvalue weighted by molar-refractivity contribution is 5.85. The summed E-state index contributed by atoms with van der Waals surface area (Å²) in [6.07, 6.45) is 8.17. The van der Waals surface area contributed by atoms with Crippen LogP contribution in [0.3, 0.4) is 0 Å². The first-order chi connectivity index (χ1) is 10.5. The Morgan fingerprint density at radius 1 is 0.955 bits per heavy atom. The minimum absolute atomic E-state index is 0.0141. The van der Waals surface area contributed by atoms with Gasteiger partial charge in [-0.1, -0.05) is 19.3 Å². The Bertz CT molecular complexity index is 418. The average Bonchev–Trinajstić information content (AvgIpc) is 2.95. The number of nitrogens with one attached hydrogen (secondary N) is 2. The molecule has 0 saturated heterocycles. The number of aliphatic carboxylic acids is 1. The van der Waals surface area contributed by atoms with Gasteiger partial charge in [-0.15, -0.1) is 0 Å². The van der Waals surface area contributed by atoms with Crippen molar-refractivity contribution >= 4 is 17.8 Å². The maximum atomic E-state index is 11.8. The van der Waals surface area contributed by atoms with Crippen molar-refractivity contribution in [1.29, 1.82) is 0 Å². The number of carbonyl (C=O) groups excluding carboxylic acids is 2. The van der Waals surface area contributed by atoms with Gasteiger partial charge in [-0.2, -0.15) is 0 Å². The van der Waals surface area contributed by atoms with Gasteiger partial charge < -0.3 is 15.7 Å². The molecule has 0 unspecified atom stereocenters. The Balaban J connectivity index is 1.61. The smallest absolute Gasteiger partial charge is 0.306 e. The molecule has 0 aromatic rings. The number of hydrogen-bond acceptors (Lipinski definition) is 3. The van der Waals surface area contributed by atoms with Crippen LogP contribution in [-0.2, 0) is 14.4 Å². The van der Waals surface area contributed by atoms with Gasteiger partial charge in [-0.25, -0.2) is 0 Å². The van der Waals surface area contributed by atoms with E-state index in [-0.39, 0.29) is 30.3 Å². The maximum absolute atomic E-state index is 11.8. The first-order valence-corrected chi connectivity index (χ1v) is 8.33. The summed E-state index contributed by atoms with van der Waals surface area (Å²) in [5.74, 6) is -0.975. The Morgan fingerprint density at radius 3 is 2.32 bits per heavy atom. The van der Waals surface area contributed by atoms with Crippen LogP contribution in [0.1, 0.15) is 57.8 Å². The quantitative estimate of drug-likeness (QED) is 0.692. The maximum Gasteiger partial charge on any atom is 0.306 e. The standard InChI is InChI=1S/C16H26N2O4/c19-14(8-11-4-2-1-3-5-11)17-10-15(20)18-13-7-6-12(9-13)16(21)22/h11-13H,1-10H2,(H,17,19)(H,18,20)(H,21,22)/t12-,13+/m0/s1. The highest BCUT2D eigenvalue weighted by Gasteiger charge is 2.30. The van der Waals surface area contributed by atoms with Crippen molar-refractivity contribution in [2.45, 2.75) is 63.8 Å². The van der Waals surface area contributed by atoms with Gasteiger partial charge in [-0.3, -0.25) is 14.4 Å². The third kappa shape index (κ3) is 5.31. The van der Waals surface area contributed by atoms with Gasteiger partial charge in [0.15, 0.2) is 0 Å². The van der Waals surface area contributed by atoms with Crippen LogP contribution in [0.25, 0.3) is 0 Å². The van der Waals surface area contributed by atoms with E-state index in [1.54, 1.807) is 0 Å². The van der Waals surface area contributed by atoms with Crippen LogP contribution in [-0.4, -0.2) is 35.5 Å². The van der Waals surface area contributed by atoms with Gasteiger partial charge in [0.25, 0.3) is 0 Å². The third-order valence-corrected chi connectivity index (χ3v) is 4.79. The van der Waals surface area contributed by atoms with Crippen LogP contribution in [0.4, 0.5) is 0 Å². The zero-order valence-corrected chi connectivity index (χ0v) is 13.0. The molecule has 2 atom stereocenters. The molecular formula is C16H26N2O4. The molecule has 0 aromatic carbocycles.